The number of thiazole rings is 1. The van der Waals surface area contributed by atoms with Crippen LogP contribution in [0.4, 0.5) is 0 Å². The second-order valence-corrected chi connectivity index (χ2v) is 6.77. The molecule has 8 nitrogen and oxygen atoms in total. The molecule has 9 heteroatoms. The number of hydrogen-bond acceptors (Lipinski definition) is 7. The Balaban J connectivity index is 1.51. The molecule has 0 aliphatic heterocycles. The molecule has 0 saturated heterocycles. The van der Waals surface area contributed by atoms with E-state index in [1.54, 1.807) is 18.3 Å². The van der Waals surface area contributed by atoms with Gasteiger partial charge in [-0.1, -0.05) is 6.07 Å². The van der Waals surface area contributed by atoms with Gasteiger partial charge in [0.2, 0.25) is 5.78 Å². The molecule has 0 bridgehead atoms. The first-order valence-corrected chi connectivity index (χ1v) is 9.09. The molecule has 3 aromatic heterocycles. The molecule has 3 heterocycles. The van der Waals surface area contributed by atoms with Crippen molar-refractivity contribution in [2.24, 2.45) is 0 Å². The van der Waals surface area contributed by atoms with E-state index in [0.717, 1.165) is 22.2 Å². The van der Waals surface area contributed by atoms with Crippen molar-refractivity contribution in [3.63, 3.8) is 0 Å². The van der Waals surface area contributed by atoms with Crippen molar-refractivity contribution in [2.75, 3.05) is 6.61 Å². The average Bonchev–Trinajstić information content (AvgIpc) is 3.42. The van der Waals surface area contributed by atoms with Crippen molar-refractivity contribution < 1.29 is 9.53 Å². The van der Waals surface area contributed by atoms with Gasteiger partial charge in [-0.15, -0.1) is 16.4 Å². The number of Topliss-reactive ketones (excluding diaryl/α,β-unsaturated/α-hetero) is 1. The summed E-state index contributed by atoms with van der Waals surface area (Å²) in [7, 11) is 0. The van der Waals surface area contributed by atoms with E-state index >= 15 is 0 Å². The lowest BCUT2D eigenvalue weighted by atomic mass is 10.1. The number of ketones is 1. The van der Waals surface area contributed by atoms with Crippen LogP contribution in [0, 0.1) is 13.8 Å². The standard InChI is InChI=1S/C18H16N6O2S/c1-12-8-16(13(2)24(12)18-19-6-7-27-18)17(25)10-26-15-5-3-4-14(9-15)23-11-20-21-22-23/h3-9,11H,10H2,1-2H3. The molecule has 0 aliphatic rings. The van der Waals surface area contributed by atoms with Crippen LogP contribution in [0.5, 0.6) is 5.75 Å². The maximum atomic E-state index is 12.7. The Morgan fingerprint density at radius 2 is 2.15 bits per heavy atom. The Bertz CT molecular complexity index is 1070. The van der Waals surface area contributed by atoms with Gasteiger partial charge in [-0.05, 0) is 42.5 Å². The predicted molar refractivity (Wildman–Crippen MR) is 99.9 cm³/mol. The molecule has 0 radical (unpaired) electrons. The minimum absolute atomic E-state index is 0.0543. The monoisotopic (exact) mass is 380 g/mol. The molecule has 0 amide bonds. The molecule has 136 valence electrons. The molecule has 0 saturated carbocycles. The van der Waals surface area contributed by atoms with Crippen LogP contribution >= 0.6 is 11.3 Å². The highest BCUT2D eigenvalue weighted by atomic mass is 32.1. The molecule has 0 spiro atoms. The van der Waals surface area contributed by atoms with Gasteiger partial charge in [0.15, 0.2) is 11.7 Å². The van der Waals surface area contributed by atoms with Crippen LogP contribution in [0.1, 0.15) is 21.7 Å². The van der Waals surface area contributed by atoms with Crippen molar-refractivity contribution in [3.8, 4) is 16.6 Å². The lowest BCUT2D eigenvalue weighted by Gasteiger charge is -2.08. The Hall–Kier alpha value is -3.33. The maximum absolute atomic E-state index is 12.7. The first kappa shape index (κ1) is 17.1. The van der Waals surface area contributed by atoms with Crippen molar-refractivity contribution in [1.29, 1.82) is 0 Å². The van der Waals surface area contributed by atoms with Gasteiger partial charge < -0.3 is 4.74 Å². The molecular formula is C18H16N6O2S. The summed E-state index contributed by atoms with van der Waals surface area (Å²) in [6.45, 7) is 3.82. The van der Waals surface area contributed by atoms with Gasteiger partial charge >= 0.3 is 0 Å². The van der Waals surface area contributed by atoms with Crippen LogP contribution in [0.3, 0.4) is 0 Å². The molecule has 1 aromatic carbocycles. The molecule has 0 atom stereocenters. The van der Waals surface area contributed by atoms with Gasteiger partial charge in [-0.25, -0.2) is 9.67 Å². The number of tetrazole rings is 1. The van der Waals surface area contributed by atoms with Gasteiger partial charge in [0.05, 0.1) is 5.69 Å². The molecule has 0 unspecified atom stereocenters. The predicted octanol–water partition coefficient (Wildman–Crippen LogP) is 2.79. The smallest absolute Gasteiger partial charge is 0.202 e. The quantitative estimate of drug-likeness (QED) is 0.478. The zero-order chi connectivity index (χ0) is 18.8. The van der Waals surface area contributed by atoms with E-state index in [0.29, 0.717) is 11.3 Å². The van der Waals surface area contributed by atoms with Gasteiger partial charge in [0, 0.05) is 34.6 Å². The average molecular weight is 380 g/mol. The summed E-state index contributed by atoms with van der Waals surface area (Å²) < 4.78 is 9.21. The lowest BCUT2D eigenvalue weighted by Crippen LogP contribution is -2.13. The zero-order valence-corrected chi connectivity index (χ0v) is 15.6. The fourth-order valence-corrected chi connectivity index (χ4v) is 3.64. The molecule has 27 heavy (non-hydrogen) atoms. The number of ether oxygens (including phenoxy) is 1. The highest BCUT2D eigenvalue weighted by molar-refractivity contribution is 7.12. The summed E-state index contributed by atoms with van der Waals surface area (Å²) in [4.78, 5) is 17.0. The summed E-state index contributed by atoms with van der Waals surface area (Å²) in [5.41, 5.74) is 3.22. The highest BCUT2D eigenvalue weighted by Gasteiger charge is 2.18. The molecule has 4 rings (SSSR count). The summed E-state index contributed by atoms with van der Waals surface area (Å²) in [5.74, 6) is 0.490. The normalized spacial score (nSPS) is 10.9. The number of carbonyl (C=O) groups excluding carboxylic acids is 1. The van der Waals surface area contributed by atoms with Crippen LogP contribution in [-0.4, -0.2) is 42.1 Å². The SMILES string of the molecule is Cc1cc(C(=O)COc2cccc(-n3cnnn3)c2)c(C)n1-c1nccs1. The Morgan fingerprint density at radius 1 is 1.26 bits per heavy atom. The lowest BCUT2D eigenvalue weighted by molar-refractivity contribution is 0.0921. The molecule has 4 aromatic rings. The van der Waals surface area contributed by atoms with Crippen molar-refractivity contribution >= 4 is 17.1 Å². The number of aryl methyl sites for hydroxylation is 1. The minimum Gasteiger partial charge on any atom is -0.485 e. The topological polar surface area (TPSA) is 87.7 Å². The van der Waals surface area contributed by atoms with Crippen LogP contribution in [0.15, 0.2) is 48.2 Å². The third kappa shape index (κ3) is 3.36. The summed E-state index contributed by atoms with van der Waals surface area (Å²) in [5, 5.41) is 13.8. The Morgan fingerprint density at radius 3 is 2.89 bits per heavy atom. The molecule has 0 aliphatic carbocycles. The van der Waals surface area contributed by atoms with Crippen LogP contribution in [-0.2, 0) is 0 Å². The number of aromatic nitrogens is 6. The second-order valence-electron chi connectivity index (χ2n) is 5.90. The van der Waals surface area contributed by atoms with E-state index in [9.17, 15) is 4.79 Å². The first-order chi connectivity index (χ1) is 13.1. The van der Waals surface area contributed by atoms with E-state index in [1.807, 2.05) is 42.0 Å². The second kappa shape index (κ2) is 7.12. The van der Waals surface area contributed by atoms with E-state index in [2.05, 4.69) is 20.5 Å². The van der Waals surface area contributed by atoms with E-state index in [-0.39, 0.29) is 12.4 Å². The van der Waals surface area contributed by atoms with Crippen molar-refractivity contribution in [3.05, 3.63) is 65.2 Å². The Kier molecular flexibility index (Phi) is 4.51. The van der Waals surface area contributed by atoms with Gasteiger partial charge in [-0.2, -0.15) is 0 Å². The number of carbonyl (C=O) groups is 1. The van der Waals surface area contributed by atoms with Gasteiger partial charge in [0.1, 0.15) is 12.1 Å². The highest BCUT2D eigenvalue weighted by Crippen LogP contribution is 2.23. The maximum Gasteiger partial charge on any atom is 0.202 e. The minimum atomic E-state index is -0.0845. The van der Waals surface area contributed by atoms with E-state index in [4.69, 9.17) is 4.74 Å². The third-order valence-corrected chi connectivity index (χ3v) is 4.90. The Labute approximate surface area is 159 Å². The summed E-state index contributed by atoms with van der Waals surface area (Å²) in [6, 6.07) is 9.13. The number of hydrogen-bond donors (Lipinski definition) is 0. The fourth-order valence-electron chi connectivity index (χ4n) is 2.89. The third-order valence-electron chi connectivity index (χ3n) is 4.14. The molecular weight excluding hydrogens is 364 g/mol. The number of nitrogens with zero attached hydrogens (tertiary/aromatic N) is 6. The number of rotatable bonds is 6. The summed E-state index contributed by atoms with van der Waals surface area (Å²) >= 11 is 1.53. The largest absolute Gasteiger partial charge is 0.485 e. The molecule has 0 N–H and O–H groups in total. The van der Waals surface area contributed by atoms with Gasteiger partial charge in [-0.3, -0.25) is 9.36 Å². The number of benzene rings is 1. The first-order valence-electron chi connectivity index (χ1n) is 8.21. The van der Waals surface area contributed by atoms with E-state index < -0.39 is 0 Å². The van der Waals surface area contributed by atoms with Crippen LogP contribution < -0.4 is 4.74 Å². The van der Waals surface area contributed by atoms with Gasteiger partial charge in [0.25, 0.3) is 0 Å². The van der Waals surface area contributed by atoms with Crippen LogP contribution in [0.2, 0.25) is 0 Å². The van der Waals surface area contributed by atoms with E-state index in [1.165, 1.54) is 22.3 Å². The fraction of sp³-hybridized carbons (Fsp3) is 0.167. The van der Waals surface area contributed by atoms with Crippen molar-refractivity contribution in [2.45, 2.75) is 13.8 Å². The summed E-state index contributed by atoms with van der Waals surface area (Å²) in [6.07, 6.45) is 3.25. The van der Waals surface area contributed by atoms with Crippen LogP contribution in [0.25, 0.3) is 10.8 Å². The molecule has 0 fully saturated rings. The van der Waals surface area contributed by atoms with Crippen molar-refractivity contribution in [1.82, 2.24) is 29.8 Å². The zero-order valence-electron chi connectivity index (χ0n) is 14.7.